The van der Waals surface area contributed by atoms with E-state index < -0.39 is 0 Å². The first-order valence-electron chi connectivity index (χ1n) is 2.48. The Morgan fingerprint density at radius 3 is 3.33 bits per heavy atom. The average Bonchev–Trinajstić information content (AvgIpc) is 2.34. The third-order valence-electron chi connectivity index (χ3n) is 0.646. The lowest BCUT2D eigenvalue weighted by molar-refractivity contribution is 0.244. The molecule has 1 aromatic heterocycles. The van der Waals surface area contributed by atoms with Crippen LogP contribution in [0.2, 0.25) is 0 Å². The lowest BCUT2D eigenvalue weighted by Crippen LogP contribution is -1.80. The maximum atomic E-state index is 4.69. The molecule has 0 unspecified atom stereocenters. The lowest BCUT2D eigenvalue weighted by atomic mass is 10.9. The minimum Gasteiger partial charge on any atom is -0.416 e. The van der Waals surface area contributed by atoms with Crippen molar-refractivity contribution >= 4 is 6.21 Å². The zero-order chi connectivity index (χ0) is 6.53. The highest BCUT2D eigenvalue weighted by atomic mass is 16.7. The Bertz CT molecular complexity index is 181. The zero-order valence-electron chi connectivity index (χ0n) is 4.94. The molecule has 0 N–H and O–H groups in total. The van der Waals surface area contributed by atoms with Crippen LogP contribution in [-0.2, 0) is 0 Å². The van der Waals surface area contributed by atoms with Gasteiger partial charge in [-0.2, -0.15) is 4.98 Å². The van der Waals surface area contributed by atoms with Crippen LogP contribution in [0.1, 0.15) is 6.92 Å². The van der Waals surface area contributed by atoms with Crippen LogP contribution in [-0.4, -0.2) is 11.2 Å². The zero-order valence-corrected chi connectivity index (χ0v) is 4.94. The molecule has 4 heteroatoms. The third-order valence-corrected chi connectivity index (χ3v) is 0.646. The SMILES string of the molecule is CC=NOc1ncco1. The molecule has 0 aliphatic heterocycles. The molecule has 0 atom stereocenters. The Kier molecular flexibility index (Phi) is 1.85. The van der Waals surface area contributed by atoms with Crippen molar-refractivity contribution in [3.63, 3.8) is 0 Å². The summed E-state index contributed by atoms with van der Waals surface area (Å²) in [5.74, 6) is 0. The van der Waals surface area contributed by atoms with E-state index in [4.69, 9.17) is 0 Å². The number of oxime groups is 1. The highest BCUT2D eigenvalue weighted by Gasteiger charge is 1.92. The van der Waals surface area contributed by atoms with Crippen LogP contribution in [0.3, 0.4) is 0 Å². The summed E-state index contributed by atoms with van der Waals surface area (Å²) < 4.78 is 4.69. The van der Waals surface area contributed by atoms with E-state index in [9.17, 15) is 0 Å². The van der Waals surface area contributed by atoms with E-state index in [1.165, 1.54) is 18.7 Å². The van der Waals surface area contributed by atoms with Crippen molar-refractivity contribution in [2.75, 3.05) is 0 Å². The highest BCUT2D eigenvalue weighted by molar-refractivity contribution is 5.52. The van der Waals surface area contributed by atoms with Gasteiger partial charge in [-0.1, -0.05) is 5.16 Å². The van der Waals surface area contributed by atoms with E-state index in [2.05, 4.69) is 19.4 Å². The molecule has 1 heterocycles. The Hall–Kier alpha value is -1.32. The number of hydrogen-bond donors (Lipinski definition) is 0. The summed E-state index contributed by atoms with van der Waals surface area (Å²) in [6.45, 7) is 1.74. The van der Waals surface area contributed by atoms with Gasteiger partial charge in [-0.25, -0.2) is 0 Å². The minimum atomic E-state index is 0.160. The van der Waals surface area contributed by atoms with Crippen molar-refractivity contribution in [3.05, 3.63) is 12.5 Å². The molecule has 0 aliphatic carbocycles. The molecule has 0 spiro atoms. The van der Waals surface area contributed by atoms with Crippen molar-refractivity contribution < 1.29 is 9.25 Å². The van der Waals surface area contributed by atoms with Gasteiger partial charge in [0.2, 0.25) is 0 Å². The van der Waals surface area contributed by atoms with Crippen LogP contribution in [0.15, 0.2) is 22.0 Å². The van der Waals surface area contributed by atoms with Crippen LogP contribution in [0.5, 0.6) is 6.08 Å². The molecule has 1 aromatic rings. The van der Waals surface area contributed by atoms with Gasteiger partial charge >= 0.3 is 6.08 Å². The molecule has 0 aromatic carbocycles. The van der Waals surface area contributed by atoms with Crippen LogP contribution < -0.4 is 4.84 Å². The first kappa shape index (κ1) is 5.81. The first-order valence-corrected chi connectivity index (χ1v) is 2.48. The maximum absolute atomic E-state index is 4.69. The van der Waals surface area contributed by atoms with E-state index in [1.807, 2.05) is 0 Å². The highest BCUT2D eigenvalue weighted by Crippen LogP contribution is 2.03. The molecule has 0 saturated heterocycles. The molecular formula is C5H6N2O2. The van der Waals surface area contributed by atoms with E-state index in [0.717, 1.165) is 0 Å². The predicted octanol–water partition coefficient (Wildman–Crippen LogP) is 1.06. The van der Waals surface area contributed by atoms with Crippen molar-refractivity contribution in [2.24, 2.45) is 5.16 Å². The summed E-state index contributed by atoms with van der Waals surface area (Å²) in [6, 6.07) is 0. The van der Waals surface area contributed by atoms with Gasteiger partial charge in [0.1, 0.15) is 6.26 Å². The Labute approximate surface area is 52.1 Å². The van der Waals surface area contributed by atoms with Gasteiger partial charge in [-0.3, -0.25) is 4.84 Å². The fourth-order valence-electron chi connectivity index (χ4n) is 0.353. The van der Waals surface area contributed by atoms with Gasteiger partial charge in [-0.05, 0) is 6.92 Å². The normalized spacial score (nSPS) is 10.3. The van der Waals surface area contributed by atoms with Crippen molar-refractivity contribution in [1.29, 1.82) is 0 Å². The average molecular weight is 126 g/mol. The van der Waals surface area contributed by atoms with Gasteiger partial charge in [0.15, 0.2) is 0 Å². The largest absolute Gasteiger partial charge is 0.420 e. The Morgan fingerprint density at radius 1 is 1.89 bits per heavy atom. The molecule has 48 valence electrons. The lowest BCUT2D eigenvalue weighted by Gasteiger charge is -1.84. The monoisotopic (exact) mass is 126 g/mol. The molecule has 0 bridgehead atoms. The molecule has 0 amide bonds. The fourth-order valence-corrected chi connectivity index (χ4v) is 0.353. The molecule has 0 radical (unpaired) electrons. The van der Waals surface area contributed by atoms with Crippen LogP contribution in [0.4, 0.5) is 0 Å². The summed E-state index contributed by atoms with van der Waals surface area (Å²) in [5.41, 5.74) is 0. The van der Waals surface area contributed by atoms with Gasteiger partial charge < -0.3 is 4.42 Å². The molecule has 0 fully saturated rings. The Morgan fingerprint density at radius 2 is 2.78 bits per heavy atom. The van der Waals surface area contributed by atoms with Gasteiger partial charge in [0, 0.05) is 6.21 Å². The first-order chi connectivity index (χ1) is 4.43. The van der Waals surface area contributed by atoms with Gasteiger partial charge in [0.25, 0.3) is 0 Å². The maximum Gasteiger partial charge on any atom is 0.420 e. The molecular weight excluding hydrogens is 120 g/mol. The minimum absolute atomic E-state index is 0.160. The summed E-state index contributed by atoms with van der Waals surface area (Å²) in [5, 5.41) is 3.43. The second-order valence-corrected chi connectivity index (χ2v) is 1.25. The molecule has 0 aliphatic rings. The van der Waals surface area contributed by atoms with Crippen LogP contribution in [0.25, 0.3) is 0 Å². The molecule has 1 rings (SSSR count). The smallest absolute Gasteiger partial charge is 0.416 e. The van der Waals surface area contributed by atoms with Crippen molar-refractivity contribution in [3.8, 4) is 6.08 Å². The number of aromatic nitrogens is 1. The van der Waals surface area contributed by atoms with Crippen molar-refractivity contribution in [2.45, 2.75) is 6.92 Å². The quantitative estimate of drug-likeness (QED) is 0.439. The summed E-state index contributed by atoms with van der Waals surface area (Å²) in [6.07, 6.45) is 4.57. The van der Waals surface area contributed by atoms with Gasteiger partial charge in [0.05, 0.1) is 6.20 Å². The van der Waals surface area contributed by atoms with E-state index in [1.54, 1.807) is 6.92 Å². The van der Waals surface area contributed by atoms with Crippen LogP contribution in [0, 0.1) is 0 Å². The Balaban J connectivity index is 2.48. The van der Waals surface area contributed by atoms with E-state index >= 15 is 0 Å². The standard InChI is InChI=1S/C5H6N2O2/c1-2-7-9-5-6-3-4-8-5/h2-4H,1H3. The van der Waals surface area contributed by atoms with E-state index in [0.29, 0.717) is 0 Å². The third kappa shape index (κ3) is 1.56. The van der Waals surface area contributed by atoms with Crippen LogP contribution >= 0.6 is 0 Å². The molecule has 4 nitrogen and oxygen atoms in total. The molecule has 0 saturated carbocycles. The topological polar surface area (TPSA) is 47.6 Å². The number of hydrogen-bond acceptors (Lipinski definition) is 4. The summed E-state index contributed by atoms with van der Waals surface area (Å²) >= 11 is 0. The summed E-state index contributed by atoms with van der Waals surface area (Å²) in [7, 11) is 0. The van der Waals surface area contributed by atoms with Gasteiger partial charge in [-0.15, -0.1) is 0 Å². The van der Waals surface area contributed by atoms with E-state index in [-0.39, 0.29) is 6.08 Å². The molecule has 9 heavy (non-hydrogen) atoms. The second-order valence-electron chi connectivity index (χ2n) is 1.25. The fraction of sp³-hybridized carbons (Fsp3) is 0.200. The number of nitrogens with zero attached hydrogens (tertiary/aromatic N) is 2. The number of rotatable bonds is 2. The predicted molar refractivity (Wildman–Crippen MR) is 31.3 cm³/mol. The summed E-state index contributed by atoms with van der Waals surface area (Å²) in [4.78, 5) is 8.24. The number of oxazole rings is 1. The second kappa shape index (κ2) is 2.86. The van der Waals surface area contributed by atoms with Crippen molar-refractivity contribution in [1.82, 2.24) is 4.98 Å².